The van der Waals surface area contributed by atoms with Gasteiger partial charge in [-0.1, -0.05) is 24.3 Å². The minimum Gasteiger partial charge on any atom is -0.385 e. The monoisotopic (exact) mass is 348 g/mol. The SMILES string of the molecule is COCCCNC(=O)c1cccc(NS(=O)(=O)c2ccccc2)c1. The van der Waals surface area contributed by atoms with Crippen molar-refractivity contribution in [3.8, 4) is 0 Å². The van der Waals surface area contributed by atoms with Gasteiger partial charge in [0.05, 0.1) is 4.90 Å². The standard InChI is InChI=1S/C17H20N2O4S/c1-23-12-6-11-18-17(20)14-7-5-8-15(13-14)19-24(21,22)16-9-3-2-4-10-16/h2-5,7-10,13,19H,6,11-12H2,1H3,(H,18,20). The molecule has 0 saturated heterocycles. The van der Waals surface area contributed by atoms with Crippen LogP contribution in [0.3, 0.4) is 0 Å². The Morgan fingerprint density at radius 2 is 1.83 bits per heavy atom. The van der Waals surface area contributed by atoms with Gasteiger partial charge in [-0.05, 0) is 36.8 Å². The van der Waals surface area contributed by atoms with Crippen LogP contribution in [0.2, 0.25) is 0 Å². The molecule has 0 aliphatic rings. The quantitative estimate of drug-likeness (QED) is 0.717. The Labute approximate surface area is 141 Å². The van der Waals surface area contributed by atoms with Crippen molar-refractivity contribution in [2.24, 2.45) is 0 Å². The number of hydrogen-bond donors (Lipinski definition) is 2. The zero-order valence-corrected chi connectivity index (χ0v) is 14.2. The van der Waals surface area contributed by atoms with E-state index in [2.05, 4.69) is 10.0 Å². The van der Waals surface area contributed by atoms with Gasteiger partial charge in [0.15, 0.2) is 0 Å². The average molecular weight is 348 g/mol. The summed E-state index contributed by atoms with van der Waals surface area (Å²) in [6.07, 6.45) is 0.711. The third-order valence-electron chi connectivity index (χ3n) is 3.24. The van der Waals surface area contributed by atoms with E-state index in [1.54, 1.807) is 43.5 Å². The lowest BCUT2D eigenvalue weighted by atomic mass is 10.2. The minimum absolute atomic E-state index is 0.166. The van der Waals surface area contributed by atoms with Crippen LogP contribution in [0.25, 0.3) is 0 Å². The summed E-state index contributed by atoms with van der Waals surface area (Å²) in [4.78, 5) is 12.2. The third-order valence-corrected chi connectivity index (χ3v) is 4.64. The molecule has 2 rings (SSSR count). The summed E-state index contributed by atoms with van der Waals surface area (Å²) in [6.45, 7) is 1.06. The fraction of sp³-hybridized carbons (Fsp3) is 0.235. The lowest BCUT2D eigenvalue weighted by molar-refractivity contribution is 0.0948. The number of amides is 1. The normalized spacial score (nSPS) is 11.0. The fourth-order valence-electron chi connectivity index (χ4n) is 2.06. The molecule has 7 heteroatoms. The van der Waals surface area contributed by atoms with Crippen molar-refractivity contribution in [1.82, 2.24) is 5.32 Å². The van der Waals surface area contributed by atoms with Crippen LogP contribution >= 0.6 is 0 Å². The average Bonchev–Trinajstić information content (AvgIpc) is 2.59. The van der Waals surface area contributed by atoms with Crippen LogP contribution < -0.4 is 10.0 Å². The highest BCUT2D eigenvalue weighted by molar-refractivity contribution is 7.92. The Morgan fingerprint density at radius 1 is 1.08 bits per heavy atom. The van der Waals surface area contributed by atoms with Gasteiger partial charge in [-0.15, -0.1) is 0 Å². The van der Waals surface area contributed by atoms with Crippen LogP contribution in [0.5, 0.6) is 0 Å². The summed E-state index contributed by atoms with van der Waals surface area (Å²) < 4.78 is 32.0. The first kappa shape index (κ1) is 18.0. The zero-order chi connectivity index (χ0) is 17.4. The maximum atomic E-state index is 12.3. The topological polar surface area (TPSA) is 84.5 Å². The van der Waals surface area contributed by atoms with Gasteiger partial charge in [0, 0.05) is 31.5 Å². The molecule has 0 aliphatic carbocycles. The number of methoxy groups -OCH3 is 1. The first-order valence-electron chi connectivity index (χ1n) is 7.48. The number of carbonyl (C=O) groups is 1. The van der Waals surface area contributed by atoms with Gasteiger partial charge < -0.3 is 10.1 Å². The predicted molar refractivity (Wildman–Crippen MR) is 92.5 cm³/mol. The number of carbonyl (C=O) groups excluding carboxylic acids is 1. The van der Waals surface area contributed by atoms with Gasteiger partial charge in [0.25, 0.3) is 15.9 Å². The Bertz CT molecular complexity index is 776. The molecule has 0 aliphatic heterocycles. The fourth-order valence-corrected chi connectivity index (χ4v) is 3.13. The molecule has 0 aromatic heterocycles. The lowest BCUT2D eigenvalue weighted by Crippen LogP contribution is -2.25. The zero-order valence-electron chi connectivity index (χ0n) is 13.4. The maximum absolute atomic E-state index is 12.3. The molecule has 2 aromatic carbocycles. The minimum atomic E-state index is -3.68. The molecule has 2 N–H and O–H groups in total. The molecule has 2 aromatic rings. The molecule has 0 unspecified atom stereocenters. The van der Waals surface area contributed by atoms with Gasteiger partial charge in [-0.25, -0.2) is 8.42 Å². The van der Waals surface area contributed by atoms with Crippen LogP contribution in [0, 0.1) is 0 Å². The van der Waals surface area contributed by atoms with E-state index < -0.39 is 10.0 Å². The highest BCUT2D eigenvalue weighted by atomic mass is 32.2. The van der Waals surface area contributed by atoms with E-state index in [9.17, 15) is 13.2 Å². The van der Waals surface area contributed by atoms with Crippen LogP contribution in [0.15, 0.2) is 59.5 Å². The van der Waals surface area contributed by atoms with E-state index in [0.29, 0.717) is 30.8 Å². The molecule has 0 atom stereocenters. The van der Waals surface area contributed by atoms with Crippen LogP contribution in [0.1, 0.15) is 16.8 Å². The number of benzene rings is 2. The summed E-state index contributed by atoms with van der Waals surface area (Å²) in [5.74, 6) is -0.258. The Morgan fingerprint density at radius 3 is 2.54 bits per heavy atom. The molecule has 0 heterocycles. The summed E-state index contributed by atoms with van der Waals surface area (Å²) in [5.41, 5.74) is 0.726. The Balaban J connectivity index is 2.06. The van der Waals surface area contributed by atoms with Gasteiger partial charge >= 0.3 is 0 Å². The molecular formula is C17H20N2O4S. The van der Waals surface area contributed by atoms with Crippen LogP contribution in [0.4, 0.5) is 5.69 Å². The van der Waals surface area contributed by atoms with Gasteiger partial charge in [-0.2, -0.15) is 0 Å². The number of sulfonamides is 1. The molecule has 0 bridgehead atoms. The van der Waals surface area contributed by atoms with E-state index in [0.717, 1.165) is 0 Å². The molecule has 0 saturated carbocycles. The number of nitrogens with one attached hydrogen (secondary N) is 2. The summed E-state index contributed by atoms with van der Waals surface area (Å²) in [6, 6.07) is 14.4. The van der Waals surface area contributed by atoms with E-state index >= 15 is 0 Å². The van der Waals surface area contributed by atoms with Crippen molar-refractivity contribution in [3.05, 3.63) is 60.2 Å². The van der Waals surface area contributed by atoms with Gasteiger partial charge in [0.2, 0.25) is 0 Å². The second kappa shape index (κ2) is 8.47. The predicted octanol–water partition coefficient (Wildman–Crippen LogP) is 2.25. The number of hydrogen-bond acceptors (Lipinski definition) is 4. The maximum Gasteiger partial charge on any atom is 0.261 e. The molecule has 24 heavy (non-hydrogen) atoms. The van der Waals surface area contributed by atoms with Crippen molar-refractivity contribution in [3.63, 3.8) is 0 Å². The first-order valence-corrected chi connectivity index (χ1v) is 8.96. The smallest absolute Gasteiger partial charge is 0.261 e. The summed E-state index contributed by atoms with van der Waals surface area (Å²) >= 11 is 0. The third kappa shape index (κ3) is 5.07. The highest BCUT2D eigenvalue weighted by Gasteiger charge is 2.14. The van der Waals surface area contributed by atoms with Crippen molar-refractivity contribution < 1.29 is 17.9 Å². The Kier molecular flexibility index (Phi) is 6.34. The van der Waals surface area contributed by atoms with E-state index in [1.807, 2.05) is 0 Å². The van der Waals surface area contributed by atoms with Crippen molar-refractivity contribution in [2.45, 2.75) is 11.3 Å². The second-order valence-corrected chi connectivity index (χ2v) is 6.78. The molecule has 128 valence electrons. The molecule has 1 amide bonds. The molecular weight excluding hydrogens is 328 g/mol. The number of rotatable bonds is 8. The van der Waals surface area contributed by atoms with E-state index in [1.165, 1.54) is 18.2 Å². The molecule has 0 spiro atoms. The van der Waals surface area contributed by atoms with Crippen molar-refractivity contribution >= 4 is 21.6 Å². The van der Waals surface area contributed by atoms with Gasteiger partial charge in [0.1, 0.15) is 0 Å². The van der Waals surface area contributed by atoms with Gasteiger partial charge in [-0.3, -0.25) is 9.52 Å². The number of ether oxygens (including phenoxy) is 1. The highest BCUT2D eigenvalue weighted by Crippen LogP contribution is 2.17. The van der Waals surface area contributed by atoms with Crippen LogP contribution in [-0.2, 0) is 14.8 Å². The lowest BCUT2D eigenvalue weighted by Gasteiger charge is -2.10. The molecule has 0 radical (unpaired) electrons. The van der Waals surface area contributed by atoms with Crippen LogP contribution in [-0.4, -0.2) is 34.6 Å². The number of anilines is 1. The summed E-state index contributed by atoms with van der Waals surface area (Å²) in [5, 5.41) is 2.76. The van der Waals surface area contributed by atoms with Crippen molar-refractivity contribution in [2.75, 3.05) is 25.0 Å². The largest absolute Gasteiger partial charge is 0.385 e. The van der Waals surface area contributed by atoms with Crippen molar-refractivity contribution in [1.29, 1.82) is 0 Å². The Hall–Kier alpha value is -2.38. The van der Waals surface area contributed by atoms with E-state index in [4.69, 9.17) is 4.74 Å². The first-order chi connectivity index (χ1) is 11.5. The molecule has 6 nitrogen and oxygen atoms in total. The second-order valence-electron chi connectivity index (χ2n) is 5.10. The summed E-state index contributed by atoms with van der Waals surface area (Å²) in [7, 11) is -2.08. The van der Waals surface area contributed by atoms with E-state index in [-0.39, 0.29) is 10.8 Å². The molecule has 0 fully saturated rings.